The zero-order valence-corrected chi connectivity index (χ0v) is 21.7. The van der Waals surface area contributed by atoms with Crippen molar-refractivity contribution in [3.63, 3.8) is 0 Å². The molecule has 3 rings (SSSR count). The standard InChI is InChI=1S/C13H15NO4.C11H22N2.Pt/c1-9-2-4-10(5-3-9)6-14-7-13(8-14,11(15)16)12(17)18;1-11(2,3)8-13-10-7-5-4-6-9(10)12;/h2-5H,6-8H2,1H3,(H,15,16)(H,17,18);9-10,12H,4-8H2,1-3H3;/q;-2;+4/p-2/t;9-,10-;/m.1./s1. The Morgan fingerprint density at radius 1 is 1.09 bits per heavy atom. The maximum absolute atomic E-state index is 10.8. The third-order valence-electron chi connectivity index (χ3n) is 5.82. The van der Waals surface area contributed by atoms with E-state index in [-0.39, 0.29) is 45.6 Å². The van der Waals surface area contributed by atoms with E-state index in [0.717, 1.165) is 30.5 Å². The molecule has 7 nitrogen and oxygen atoms in total. The zero-order chi connectivity index (χ0) is 23.2. The summed E-state index contributed by atoms with van der Waals surface area (Å²) in [6.07, 6.45) is 4.70. The number of hydrogen-bond acceptors (Lipinski definition) is 5. The van der Waals surface area contributed by atoms with Gasteiger partial charge >= 0.3 is 21.1 Å². The predicted molar refractivity (Wildman–Crippen MR) is 117 cm³/mol. The monoisotopic (exact) mass is 624 g/mol. The summed E-state index contributed by atoms with van der Waals surface area (Å²) in [5.74, 6) is -3.13. The van der Waals surface area contributed by atoms with Gasteiger partial charge in [0.25, 0.3) is 0 Å². The summed E-state index contributed by atoms with van der Waals surface area (Å²) in [5, 5.41) is 26.3. The largest absolute Gasteiger partial charge is 4.00 e. The fraction of sp³-hybridized carbons (Fsp3) is 0.667. The fourth-order valence-electron chi connectivity index (χ4n) is 3.84. The molecule has 32 heavy (non-hydrogen) atoms. The van der Waals surface area contributed by atoms with Crippen LogP contribution in [0, 0.1) is 17.8 Å². The maximum Gasteiger partial charge on any atom is 4.00 e. The van der Waals surface area contributed by atoms with E-state index in [9.17, 15) is 19.8 Å². The van der Waals surface area contributed by atoms with Crippen LogP contribution < -0.4 is 10.2 Å². The quantitative estimate of drug-likeness (QED) is 0.449. The first-order valence-electron chi connectivity index (χ1n) is 11.0. The number of carbonyl (C=O) groups is 2. The van der Waals surface area contributed by atoms with Gasteiger partial charge in [-0.15, -0.1) is 6.54 Å². The van der Waals surface area contributed by atoms with Crippen molar-refractivity contribution in [2.24, 2.45) is 10.8 Å². The molecule has 0 unspecified atom stereocenters. The normalized spacial score (nSPS) is 22.5. The van der Waals surface area contributed by atoms with Gasteiger partial charge in [-0.2, -0.15) is 12.1 Å². The minimum absolute atomic E-state index is 0. The van der Waals surface area contributed by atoms with Gasteiger partial charge in [-0.3, -0.25) is 4.90 Å². The van der Waals surface area contributed by atoms with E-state index in [1.54, 1.807) is 4.90 Å². The molecule has 1 N–H and O–H groups in total. The Morgan fingerprint density at radius 2 is 1.62 bits per heavy atom. The van der Waals surface area contributed by atoms with Crippen molar-refractivity contribution in [3.8, 4) is 0 Å². The fourth-order valence-corrected chi connectivity index (χ4v) is 3.84. The third kappa shape index (κ3) is 8.25. The summed E-state index contributed by atoms with van der Waals surface area (Å²) >= 11 is 0. The van der Waals surface area contributed by atoms with Crippen molar-refractivity contribution in [1.82, 2.24) is 4.90 Å². The second-order valence-corrected chi connectivity index (χ2v) is 10.1. The number of nitrogens with one attached hydrogen (secondary N) is 1. The van der Waals surface area contributed by atoms with Gasteiger partial charge in [0.1, 0.15) is 0 Å². The molecule has 0 bridgehead atoms. The Morgan fingerprint density at radius 3 is 2.09 bits per heavy atom. The molecule has 1 aromatic carbocycles. The molecule has 2 fully saturated rings. The predicted octanol–water partition coefficient (Wildman–Crippen LogP) is 2.06. The van der Waals surface area contributed by atoms with Crippen LogP contribution in [0.1, 0.15) is 57.6 Å². The average molecular weight is 625 g/mol. The molecule has 1 saturated heterocycles. The first kappa shape index (κ1) is 28.8. The summed E-state index contributed by atoms with van der Waals surface area (Å²) in [6, 6.07) is 8.20. The number of nitrogens with zero attached hydrogens (tertiary/aromatic N) is 2. The molecule has 0 amide bonds. The van der Waals surface area contributed by atoms with Crippen molar-refractivity contribution in [2.75, 3.05) is 19.6 Å². The number of carboxylic acid groups (broad SMARTS) is 2. The molecule has 0 spiro atoms. The van der Waals surface area contributed by atoms with Crippen LogP contribution in [0.15, 0.2) is 24.3 Å². The Kier molecular flexibility index (Phi) is 11.0. The van der Waals surface area contributed by atoms with Crippen molar-refractivity contribution in [1.29, 1.82) is 0 Å². The number of aryl methyl sites for hydroxylation is 1. The van der Waals surface area contributed by atoms with Crippen LogP contribution in [0.25, 0.3) is 11.1 Å². The first-order valence-corrected chi connectivity index (χ1v) is 11.0. The van der Waals surface area contributed by atoms with E-state index in [2.05, 4.69) is 26.1 Å². The molecule has 8 heteroatoms. The van der Waals surface area contributed by atoms with Crippen LogP contribution in [0.2, 0.25) is 0 Å². The van der Waals surface area contributed by atoms with E-state index in [4.69, 9.17) is 5.73 Å². The third-order valence-corrected chi connectivity index (χ3v) is 5.82. The van der Waals surface area contributed by atoms with Crippen LogP contribution in [0.3, 0.4) is 0 Å². The molecule has 1 aromatic rings. The summed E-state index contributed by atoms with van der Waals surface area (Å²) in [4.78, 5) is 23.4. The number of carboxylic acids is 2. The minimum Gasteiger partial charge on any atom is -0.676 e. The van der Waals surface area contributed by atoms with E-state index < -0.39 is 17.4 Å². The van der Waals surface area contributed by atoms with Gasteiger partial charge in [0.05, 0.1) is 17.4 Å². The summed E-state index contributed by atoms with van der Waals surface area (Å²) < 4.78 is 0. The summed E-state index contributed by atoms with van der Waals surface area (Å²) in [5.41, 5.74) is 8.45. The van der Waals surface area contributed by atoms with Crippen molar-refractivity contribution in [3.05, 3.63) is 46.4 Å². The van der Waals surface area contributed by atoms with Gasteiger partial charge < -0.3 is 30.9 Å². The molecular weight excluding hydrogens is 589 g/mol. The Labute approximate surface area is 206 Å². The molecule has 1 heterocycles. The van der Waals surface area contributed by atoms with Gasteiger partial charge in [0.2, 0.25) is 0 Å². The number of aliphatic carboxylic acids is 2. The Balaban J connectivity index is 0.000000327. The van der Waals surface area contributed by atoms with Crippen molar-refractivity contribution in [2.45, 2.75) is 72.0 Å². The van der Waals surface area contributed by atoms with Gasteiger partial charge in [-0.25, -0.2) is 0 Å². The number of likely N-dealkylation sites (tertiary alicyclic amines) is 1. The number of benzene rings is 1. The van der Waals surface area contributed by atoms with Crippen LogP contribution in [0.4, 0.5) is 0 Å². The molecular formula is C24H35N3O4Pt. The first-order chi connectivity index (χ1) is 14.4. The topological polar surface area (TPSA) is 121 Å². The molecule has 180 valence electrons. The van der Waals surface area contributed by atoms with Crippen molar-refractivity contribution >= 4 is 11.9 Å². The maximum atomic E-state index is 10.8. The molecule has 1 saturated carbocycles. The van der Waals surface area contributed by atoms with Gasteiger partial charge in [0.15, 0.2) is 0 Å². The van der Waals surface area contributed by atoms with E-state index in [0.29, 0.717) is 12.6 Å². The smallest absolute Gasteiger partial charge is 0.676 e. The minimum atomic E-state index is -1.84. The van der Waals surface area contributed by atoms with E-state index >= 15 is 0 Å². The van der Waals surface area contributed by atoms with E-state index in [1.165, 1.54) is 12.8 Å². The number of rotatable bonds is 6. The second kappa shape index (κ2) is 12.3. The van der Waals surface area contributed by atoms with Crippen LogP contribution in [-0.4, -0.2) is 48.6 Å². The van der Waals surface area contributed by atoms with Crippen molar-refractivity contribution < 1.29 is 40.9 Å². The molecule has 1 aliphatic heterocycles. The van der Waals surface area contributed by atoms with Gasteiger partial charge in [-0.1, -0.05) is 81.7 Å². The molecule has 2 aliphatic rings. The second-order valence-electron chi connectivity index (χ2n) is 10.1. The van der Waals surface area contributed by atoms with Crippen LogP contribution in [0.5, 0.6) is 0 Å². The molecule has 0 aromatic heterocycles. The molecule has 1 aliphatic carbocycles. The van der Waals surface area contributed by atoms with Crippen LogP contribution >= 0.6 is 0 Å². The van der Waals surface area contributed by atoms with E-state index in [1.807, 2.05) is 31.2 Å². The zero-order valence-electron chi connectivity index (χ0n) is 19.5. The number of carbonyl (C=O) groups excluding carboxylic acids is 2. The Hall–Kier alpha value is -1.27. The Bertz CT molecular complexity index is 727. The molecule has 0 radical (unpaired) electrons. The molecule has 2 atom stereocenters. The summed E-state index contributed by atoms with van der Waals surface area (Å²) in [6.45, 7) is 9.91. The van der Waals surface area contributed by atoms with Gasteiger partial charge in [0, 0.05) is 19.6 Å². The number of hydrogen-bond donors (Lipinski definition) is 0. The SMILES string of the molecule is CC(C)(C)C[N-][C@@H]1CCCC[C@H]1[NH-].Cc1ccc(CN2CC(C(=O)[O-])(C(=O)[O-])C2)cc1.[Pt+4]. The summed E-state index contributed by atoms with van der Waals surface area (Å²) in [7, 11) is 0. The average Bonchev–Trinajstić information content (AvgIpc) is 2.64. The van der Waals surface area contributed by atoms with Gasteiger partial charge in [-0.05, 0) is 12.5 Å². The van der Waals surface area contributed by atoms with Crippen LogP contribution in [-0.2, 0) is 37.2 Å².